The molecule has 8 heteroatoms. The minimum absolute atomic E-state index is 0.0539. The number of carbonyl (C=O) groups excluding carboxylic acids is 3. The van der Waals surface area contributed by atoms with Crippen LogP contribution in [0.3, 0.4) is 0 Å². The third kappa shape index (κ3) is 8.04. The first-order chi connectivity index (χ1) is 24.4. The molecule has 254 valence electrons. The highest BCUT2D eigenvalue weighted by Crippen LogP contribution is 2.39. The van der Waals surface area contributed by atoms with Crippen molar-refractivity contribution in [3.8, 4) is 11.5 Å². The van der Waals surface area contributed by atoms with Gasteiger partial charge in [0.15, 0.2) is 5.76 Å². The number of hydrogen-bond donors (Lipinski definition) is 1. The van der Waals surface area contributed by atoms with Gasteiger partial charge in [-0.2, -0.15) is 0 Å². The maximum atomic E-state index is 13.7. The predicted molar refractivity (Wildman–Crippen MR) is 191 cm³/mol. The van der Waals surface area contributed by atoms with E-state index in [9.17, 15) is 14.4 Å². The van der Waals surface area contributed by atoms with E-state index in [1.54, 1.807) is 26.0 Å². The Morgan fingerprint density at radius 3 is 2.14 bits per heavy atom. The number of ether oxygens (including phenoxy) is 2. The topological polar surface area (TPSA) is 98.1 Å². The average molecular weight is 669 g/mol. The molecule has 0 aliphatic carbocycles. The number of hydrogen-bond acceptors (Lipinski definition) is 6. The van der Waals surface area contributed by atoms with Gasteiger partial charge in [0.05, 0.1) is 18.7 Å². The predicted octanol–water partition coefficient (Wildman–Crippen LogP) is 8.38. The highest BCUT2D eigenvalue weighted by Gasteiger charge is 2.37. The molecule has 1 aliphatic rings. The summed E-state index contributed by atoms with van der Waals surface area (Å²) < 4.78 is 17.4. The Kier molecular flexibility index (Phi) is 10.9. The molecule has 0 fully saturated rings. The van der Waals surface area contributed by atoms with Gasteiger partial charge in [0.25, 0.3) is 5.91 Å². The fourth-order valence-electron chi connectivity index (χ4n) is 6.44. The molecular weight excluding hydrogens is 628 g/mol. The van der Waals surface area contributed by atoms with Crippen molar-refractivity contribution in [3.63, 3.8) is 0 Å². The molecule has 50 heavy (non-hydrogen) atoms. The van der Waals surface area contributed by atoms with Gasteiger partial charge in [-0.05, 0) is 73.4 Å². The molecule has 2 amide bonds. The second-order valence-electron chi connectivity index (χ2n) is 12.1. The fraction of sp³-hybridized carbons (Fsp3) is 0.214. The molecule has 4 aromatic carbocycles. The van der Waals surface area contributed by atoms with Crippen LogP contribution in [0.5, 0.6) is 11.5 Å². The van der Waals surface area contributed by atoms with E-state index >= 15 is 0 Å². The van der Waals surface area contributed by atoms with E-state index in [-0.39, 0.29) is 43.1 Å². The molecular formula is C42H40N2O6. The van der Waals surface area contributed by atoms with Gasteiger partial charge < -0.3 is 24.1 Å². The van der Waals surface area contributed by atoms with Crippen molar-refractivity contribution in [2.24, 2.45) is 0 Å². The largest absolute Gasteiger partial charge is 0.463 e. The number of allylic oxidation sites excluding steroid dienone is 1. The minimum atomic E-state index is -0.523. The molecule has 1 aliphatic heterocycles. The van der Waals surface area contributed by atoms with Crippen LogP contribution < -0.4 is 10.1 Å². The van der Waals surface area contributed by atoms with Gasteiger partial charge in [-0.1, -0.05) is 91.0 Å². The first-order valence-electron chi connectivity index (χ1n) is 16.9. The Balaban J connectivity index is 1.15. The molecule has 1 unspecified atom stereocenters. The van der Waals surface area contributed by atoms with E-state index in [1.165, 1.54) is 16.0 Å². The summed E-state index contributed by atoms with van der Waals surface area (Å²) in [6, 6.07) is 40.6. The van der Waals surface area contributed by atoms with E-state index in [2.05, 4.69) is 29.6 Å². The molecule has 0 radical (unpaired) electrons. The van der Waals surface area contributed by atoms with E-state index in [1.807, 2.05) is 91.0 Å². The number of para-hydroxylation sites is 1. The number of rotatable bonds is 13. The van der Waals surface area contributed by atoms with Gasteiger partial charge in [-0.3, -0.25) is 9.59 Å². The van der Waals surface area contributed by atoms with Crippen molar-refractivity contribution < 1.29 is 28.3 Å². The summed E-state index contributed by atoms with van der Waals surface area (Å²) >= 11 is 0. The first-order valence-corrected chi connectivity index (χ1v) is 16.9. The number of amides is 2. The summed E-state index contributed by atoms with van der Waals surface area (Å²) in [5.41, 5.74) is 4.02. The van der Waals surface area contributed by atoms with Gasteiger partial charge in [0.2, 0.25) is 5.91 Å². The number of furan rings is 1. The maximum Gasteiger partial charge on any atom is 0.336 e. The molecule has 1 aromatic heterocycles. The molecule has 0 saturated carbocycles. The molecule has 8 nitrogen and oxygen atoms in total. The molecule has 5 aromatic rings. The Morgan fingerprint density at radius 1 is 0.840 bits per heavy atom. The molecule has 0 bridgehead atoms. The third-order valence-corrected chi connectivity index (χ3v) is 8.88. The Hall–Kier alpha value is -5.89. The fourth-order valence-corrected chi connectivity index (χ4v) is 6.44. The van der Waals surface area contributed by atoms with Gasteiger partial charge in [-0.25, -0.2) is 4.79 Å². The van der Waals surface area contributed by atoms with Crippen LogP contribution >= 0.6 is 0 Å². The lowest BCUT2D eigenvalue weighted by Gasteiger charge is -2.34. The monoisotopic (exact) mass is 668 g/mol. The van der Waals surface area contributed by atoms with Gasteiger partial charge in [-0.15, -0.1) is 0 Å². The number of carbonyl (C=O) groups is 3. The molecule has 6 rings (SSSR count). The van der Waals surface area contributed by atoms with Crippen molar-refractivity contribution >= 4 is 17.8 Å². The summed E-state index contributed by atoms with van der Waals surface area (Å²) in [4.78, 5) is 41.7. The summed E-state index contributed by atoms with van der Waals surface area (Å²) in [7, 11) is 0. The molecule has 2 heterocycles. The Labute approximate surface area is 292 Å². The number of benzene rings is 4. The van der Waals surface area contributed by atoms with Crippen LogP contribution in [-0.4, -0.2) is 35.8 Å². The SMILES string of the molecule is CCOC(=O)C1=C(C)N(Cc2ccc(C(=O)NCCC(c3ccccc3)c3ccccc3)o2)C(=O)CC1c1cccc(Oc2ccccc2)c1. The van der Waals surface area contributed by atoms with Crippen LogP contribution in [-0.2, 0) is 20.9 Å². The van der Waals surface area contributed by atoms with Crippen LogP contribution in [0.1, 0.15) is 71.5 Å². The van der Waals surface area contributed by atoms with Crippen LogP contribution in [0.15, 0.2) is 143 Å². The van der Waals surface area contributed by atoms with Gasteiger partial charge >= 0.3 is 5.97 Å². The summed E-state index contributed by atoms with van der Waals surface area (Å²) in [6.07, 6.45) is 0.761. The number of nitrogens with zero attached hydrogens (tertiary/aromatic N) is 1. The molecule has 1 N–H and O–H groups in total. The zero-order chi connectivity index (χ0) is 34.9. The highest BCUT2D eigenvalue weighted by atomic mass is 16.5. The van der Waals surface area contributed by atoms with E-state index in [0.29, 0.717) is 41.5 Å². The quantitative estimate of drug-likeness (QED) is 0.127. The minimum Gasteiger partial charge on any atom is -0.463 e. The smallest absolute Gasteiger partial charge is 0.336 e. The number of nitrogens with one attached hydrogen (secondary N) is 1. The van der Waals surface area contributed by atoms with E-state index in [0.717, 1.165) is 5.56 Å². The van der Waals surface area contributed by atoms with Gasteiger partial charge in [0, 0.05) is 30.5 Å². The molecule has 0 spiro atoms. The van der Waals surface area contributed by atoms with Gasteiger partial charge in [0.1, 0.15) is 17.3 Å². The van der Waals surface area contributed by atoms with Crippen molar-refractivity contribution in [2.45, 2.75) is 45.1 Å². The standard InChI is InChI=1S/C42H40N2O6/c1-3-48-42(47)40-29(2)44(39(45)27-37(40)32-18-13-21-34(26-32)49-33-19-11-6-12-20-33)28-35-22-23-38(50-35)41(46)43-25-24-36(30-14-7-4-8-15-30)31-16-9-5-10-17-31/h4-23,26,36-37H,3,24-25,27-28H2,1-2H3,(H,43,46). The zero-order valence-corrected chi connectivity index (χ0v) is 28.2. The lowest BCUT2D eigenvalue weighted by atomic mass is 9.83. The average Bonchev–Trinajstić information content (AvgIpc) is 3.62. The third-order valence-electron chi connectivity index (χ3n) is 8.88. The first kappa shape index (κ1) is 34.0. The van der Waals surface area contributed by atoms with Crippen LogP contribution in [0.4, 0.5) is 0 Å². The Morgan fingerprint density at radius 2 is 1.48 bits per heavy atom. The van der Waals surface area contributed by atoms with Crippen molar-refractivity contribution in [2.75, 3.05) is 13.2 Å². The van der Waals surface area contributed by atoms with Crippen LogP contribution in [0.2, 0.25) is 0 Å². The lowest BCUT2D eigenvalue weighted by Crippen LogP contribution is -2.38. The second-order valence-corrected chi connectivity index (χ2v) is 12.1. The Bertz CT molecular complexity index is 1910. The molecule has 0 saturated heterocycles. The lowest BCUT2D eigenvalue weighted by molar-refractivity contribution is -0.140. The van der Waals surface area contributed by atoms with Crippen LogP contribution in [0.25, 0.3) is 0 Å². The van der Waals surface area contributed by atoms with Crippen molar-refractivity contribution in [1.29, 1.82) is 0 Å². The van der Waals surface area contributed by atoms with E-state index in [4.69, 9.17) is 13.9 Å². The summed E-state index contributed by atoms with van der Waals surface area (Å²) in [6.45, 7) is 4.20. The van der Waals surface area contributed by atoms with Crippen molar-refractivity contribution in [1.82, 2.24) is 10.2 Å². The van der Waals surface area contributed by atoms with Crippen molar-refractivity contribution in [3.05, 3.63) is 167 Å². The zero-order valence-electron chi connectivity index (χ0n) is 28.2. The number of esters is 1. The normalized spacial score (nSPS) is 14.5. The van der Waals surface area contributed by atoms with E-state index < -0.39 is 11.9 Å². The summed E-state index contributed by atoms with van der Waals surface area (Å²) in [5, 5.41) is 2.99. The van der Waals surface area contributed by atoms with Crippen LogP contribution in [0, 0.1) is 0 Å². The second kappa shape index (κ2) is 16.0. The summed E-state index contributed by atoms with van der Waals surface area (Å²) in [5.74, 6) is 0.472. The molecule has 1 atom stereocenters. The maximum absolute atomic E-state index is 13.7. The highest BCUT2D eigenvalue weighted by molar-refractivity contribution is 5.96.